The Morgan fingerprint density at radius 3 is 2.34 bits per heavy atom. The maximum absolute atomic E-state index is 15.4. The highest BCUT2D eigenvalue weighted by Crippen LogP contribution is 2.50. The third-order valence-electron chi connectivity index (χ3n) is 13.0. The van der Waals surface area contributed by atoms with Crippen LogP contribution in [0.5, 0.6) is 11.6 Å². The Kier molecular flexibility index (Phi) is 11.7. The molecule has 4 fully saturated rings. The predicted octanol–water partition coefficient (Wildman–Crippen LogP) is 5.43. The Hall–Kier alpha value is -4.35. The lowest BCUT2D eigenvalue weighted by molar-refractivity contribution is -0.156. The standard InChI is InChI=1S/C40H54F3N5O9S/c1-23-11-7-8-12-25-19-40(25,35(51)46-58(54,55)39(22-41)15-16-39)45-32(49)29-18-26(57-33-28-14-10-9-13-27(28)30(56-6)20-44-33)21-47(29)34(50)31(24(2)17-23)48(36(52)53)37(3,4)38(5,42)43/h9-10,13-14,20,23-26,29,31H,7-8,11-12,15-19,21-22H2,1-6H3,(H,45,49)(H,46,51)(H,52,53)/t23-,24-,25-,26-,29+,31+,40-/m1/s1. The summed E-state index contributed by atoms with van der Waals surface area (Å²) in [6, 6.07) is 4.02. The van der Waals surface area contributed by atoms with E-state index < -0.39 is 92.3 Å². The van der Waals surface area contributed by atoms with Crippen LogP contribution in [0.4, 0.5) is 18.0 Å². The van der Waals surface area contributed by atoms with E-state index >= 15 is 13.6 Å². The Morgan fingerprint density at radius 2 is 1.74 bits per heavy atom. The number of carboxylic acid groups (broad SMARTS) is 1. The summed E-state index contributed by atoms with van der Waals surface area (Å²) in [6.07, 6.45) is 1.40. The number of sulfonamides is 1. The van der Waals surface area contributed by atoms with Gasteiger partial charge in [0.25, 0.3) is 11.8 Å². The first kappa shape index (κ1) is 43.2. The Balaban J connectivity index is 1.42. The molecule has 0 radical (unpaired) electrons. The molecule has 2 aliphatic carbocycles. The van der Waals surface area contributed by atoms with Crippen molar-refractivity contribution in [1.82, 2.24) is 24.8 Å². The number of carbonyl (C=O) groups is 4. The van der Waals surface area contributed by atoms with Gasteiger partial charge in [-0.1, -0.05) is 51.3 Å². The minimum atomic E-state index is -4.45. The van der Waals surface area contributed by atoms with Gasteiger partial charge < -0.3 is 24.8 Å². The molecule has 2 saturated heterocycles. The smallest absolute Gasteiger partial charge is 0.408 e. The molecule has 3 heterocycles. The molecule has 4 amide bonds. The maximum Gasteiger partial charge on any atom is 0.408 e. The zero-order chi connectivity index (χ0) is 42.6. The van der Waals surface area contributed by atoms with Gasteiger partial charge in [0, 0.05) is 24.1 Å². The average Bonchev–Trinajstić information content (AvgIpc) is 4.06. The molecule has 6 rings (SSSR count). The number of benzene rings is 1. The molecular weight excluding hydrogens is 784 g/mol. The Morgan fingerprint density at radius 1 is 1.09 bits per heavy atom. The number of nitrogens with one attached hydrogen (secondary N) is 2. The van der Waals surface area contributed by atoms with Gasteiger partial charge in [-0.05, 0) is 69.8 Å². The van der Waals surface area contributed by atoms with Gasteiger partial charge in [-0.25, -0.2) is 31.4 Å². The molecule has 58 heavy (non-hydrogen) atoms. The van der Waals surface area contributed by atoms with Crippen molar-refractivity contribution in [3.8, 4) is 11.6 Å². The van der Waals surface area contributed by atoms with Gasteiger partial charge in [-0.15, -0.1) is 0 Å². The zero-order valence-electron chi connectivity index (χ0n) is 33.7. The van der Waals surface area contributed by atoms with Crippen molar-refractivity contribution in [2.24, 2.45) is 17.8 Å². The van der Waals surface area contributed by atoms with Crippen LogP contribution in [0.25, 0.3) is 10.8 Å². The van der Waals surface area contributed by atoms with Gasteiger partial charge in [-0.3, -0.25) is 24.0 Å². The van der Waals surface area contributed by atoms with E-state index in [4.69, 9.17) is 9.47 Å². The molecule has 4 aliphatic rings. The van der Waals surface area contributed by atoms with E-state index in [0.717, 1.165) is 18.7 Å². The molecule has 18 heteroatoms. The fourth-order valence-corrected chi connectivity index (χ4v) is 10.2. The summed E-state index contributed by atoms with van der Waals surface area (Å²) in [5.41, 5.74) is -4.08. The Bertz CT molecular complexity index is 2040. The first-order valence-electron chi connectivity index (χ1n) is 19.9. The summed E-state index contributed by atoms with van der Waals surface area (Å²) in [7, 11) is -2.96. The highest BCUT2D eigenvalue weighted by atomic mass is 32.2. The second-order valence-corrected chi connectivity index (χ2v) is 19.5. The second-order valence-electron chi connectivity index (χ2n) is 17.4. The number of fused-ring (bicyclic) bond motifs is 3. The van der Waals surface area contributed by atoms with Gasteiger partial charge in [-0.2, -0.15) is 0 Å². The molecule has 1 aromatic heterocycles. The van der Waals surface area contributed by atoms with Crippen LogP contribution in [-0.4, -0.2) is 112 Å². The van der Waals surface area contributed by atoms with Crippen molar-refractivity contribution in [2.45, 2.75) is 132 Å². The summed E-state index contributed by atoms with van der Waals surface area (Å²) < 4.78 is 83.2. The summed E-state index contributed by atoms with van der Waals surface area (Å²) in [5, 5.41) is 14.6. The number of carbonyl (C=O) groups excluding carboxylic acids is 3. The first-order valence-corrected chi connectivity index (χ1v) is 21.3. The number of pyridine rings is 1. The molecule has 3 N–H and O–H groups in total. The second kappa shape index (κ2) is 15.7. The van der Waals surface area contributed by atoms with Gasteiger partial charge >= 0.3 is 6.09 Å². The topological polar surface area (TPSA) is 185 Å². The quantitative estimate of drug-likeness (QED) is 0.279. The number of alkyl halides is 3. The zero-order valence-corrected chi connectivity index (χ0v) is 34.5. The van der Waals surface area contributed by atoms with Crippen LogP contribution < -0.4 is 19.5 Å². The number of amides is 4. The fraction of sp³-hybridized carbons (Fsp3) is 0.675. The number of halogens is 3. The summed E-state index contributed by atoms with van der Waals surface area (Å²) in [5.74, 6) is -7.07. The third-order valence-corrected chi connectivity index (χ3v) is 15.1. The van der Waals surface area contributed by atoms with Crippen molar-refractivity contribution in [3.63, 3.8) is 0 Å². The number of methoxy groups -OCH3 is 1. The van der Waals surface area contributed by atoms with Crippen LogP contribution in [0, 0.1) is 17.8 Å². The molecule has 320 valence electrons. The lowest BCUT2D eigenvalue weighted by Crippen LogP contribution is -2.66. The highest BCUT2D eigenvalue weighted by molar-refractivity contribution is 7.91. The number of aromatic nitrogens is 1. The maximum atomic E-state index is 15.4. The lowest BCUT2D eigenvalue weighted by atomic mass is 9.83. The van der Waals surface area contributed by atoms with Crippen molar-refractivity contribution in [1.29, 1.82) is 0 Å². The van der Waals surface area contributed by atoms with E-state index in [9.17, 15) is 32.3 Å². The molecule has 1 aromatic carbocycles. The van der Waals surface area contributed by atoms with Crippen molar-refractivity contribution in [3.05, 3.63) is 30.5 Å². The van der Waals surface area contributed by atoms with Gasteiger partial charge in [0.15, 0.2) is 0 Å². The highest BCUT2D eigenvalue weighted by Gasteiger charge is 2.64. The predicted molar refractivity (Wildman–Crippen MR) is 207 cm³/mol. The van der Waals surface area contributed by atoms with Gasteiger partial charge in [0.1, 0.15) is 46.4 Å². The Labute approximate surface area is 336 Å². The van der Waals surface area contributed by atoms with Crippen LogP contribution in [0.15, 0.2) is 30.5 Å². The molecule has 0 unspecified atom stereocenters. The lowest BCUT2D eigenvalue weighted by Gasteiger charge is -2.47. The average molecular weight is 838 g/mol. The molecular formula is C40H54F3N5O9S. The van der Waals surface area contributed by atoms with E-state index in [1.165, 1.54) is 13.3 Å². The van der Waals surface area contributed by atoms with Gasteiger partial charge in [0.05, 0.1) is 19.9 Å². The first-order chi connectivity index (χ1) is 27.1. The molecule has 2 aliphatic heterocycles. The number of nitrogens with zero attached hydrogens (tertiary/aromatic N) is 3. The largest absolute Gasteiger partial charge is 0.494 e. The summed E-state index contributed by atoms with van der Waals surface area (Å²) >= 11 is 0. The number of rotatable bonds is 10. The normalized spacial score (nSPS) is 29.2. The van der Waals surface area contributed by atoms with Crippen LogP contribution in [0.3, 0.4) is 0 Å². The minimum Gasteiger partial charge on any atom is -0.494 e. The molecule has 0 bridgehead atoms. The minimum absolute atomic E-state index is 0.0413. The molecule has 7 atom stereocenters. The monoisotopic (exact) mass is 837 g/mol. The fourth-order valence-electron chi connectivity index (χ4n) is 8.79. The molecule has 2 aromatic rings. The van der Waals surface area contributed by atoms with E-state index in [0.29, 0.717) is 60.4 Å². The number of hydrogen-bond acceptors (Lipinski definition) is 9. The van der Waals surface area contributed by atoms with Crippen molar-refractivity contribution >= 4 is 44.6 Å². The molecule has 0 spiro atoms. The number of hydrogen-bond donors (Lipinski definition) is 3. The number of ether oxygens (including phenoxy) is 2. The van der Waals surface area contributed by atoms with Crippen molar-refractivity contribution in [2.75, 3.05) is 20.3 Å². The van der Waals surface area contributed by atoms with Crippen LogP contribution in [0.2, 0.25) is 0 Å². The molecule has 14 nitrogen and oxygen atoms in total. The van der Waals surface area contributed by atoms with Crippen LogP contribution in [0.1, 0.15) is 92.4 Å². The van der Waals surface area contributed by atoms with Gasteiger partial charge in [0.2, 0.25) is 27.7 Å². The van der Waals surface area contributed by atoms with Crippen LogP contribution in [-0.2, 0) is 24.4 Å². The molecule has 2 saturated carbocycles. The third kappa shape index (κ3) is 7.88. The van der Waals surface area contributed by atoms with E-state index in [-0.39, 0.29) is 44.0 Å². The summed E-state index contributed by atoms with van der Waals surface area (Å²) in [6.45, 7) is 4.80. The SMILES string of the molecule is COc1cnc(O[C@@H]2C[C@H]3C(=O)N[C@]4(C(=O)NS(=O)(=O)C5(CF)CC5)C[C@H]4CCCC[C@@H](C)C[C@@H](C)[C@H](N(C(=O)O)C(C)(C)C(C)(F)F)C(=O)N3C2)c2ccccc12. The van der Waals surface area contributed by atoms with E-state index in [1.54, 1.807) is 31.2 Å². The van der Waals surface area contributed by atoms with E-state index in [2.05, 4.69) is 15.0 Å². The van der Waals surface area contributed by atoms with Crippen molar-refractivity contribution < 1.29 is 55.3 Å². The summed E-state index contributed by atoms with van der Waals surface area (Å²) in [4.78, 5) is 62.8. The van der Waals surface area contributed by atoms with Crippen LogP contribution >= 0.6 is 0 Å². The van der Waals surface area contributed by atoms with E-state index in [1.807, 2.05) is 6.92 Å².